The van der Waals surface area contributed by atoms with E-state index in [9.17, 15) is 14.0 Å². The van der Waals surface area contributed by atoms with E-state index in [0.717, 1.165) is 6.07 Å². The van der Waals surface area contributed by atoms with Crippen LogP contribution in [-0.2, 0) is 4.79 Å². The predicted octanol–water partition coefficient (Wildman–Crippen LogP) is 3.21. The number of rotatable bonds is 5. The second-order valence-corrected chi connectivity index (χ2v) is 4.84. The van der Waals surface area contributed by atoms with Gasteiger partial charge in [0, 0.05) is 18.2 Å². The van der Waals surface area contributed by atoms with Gasteiger partial charge in [0.05, 0.1) is 5.56 Å². The number of halogens is 1. The molecule has 3 nitrogen and oxygen atoms in total. The Kier molecular flexibility index (Phi) is 5.58. The number of benzene rings is 1. The summed E-state index contributed by atoms with van der Waals surface area (Å²) in [5, 5.41) is 8.73. The molecule has 0 amide bonds. The number of carbonyl (C=O) groups excluding carboxylic acids is 1. The van der Waals surface area contributed by atoms with Gasteiger partial charge in [-0.05, 0) is 18.6 Å². The SMILES string of the molecule is CC(=O)SCCC=Cc1ccc(C(=O)O)cc1F. The zero-order valence-electron chi connectivity index (χ0n) is 9.85. The van der Waals surface area contributed by atoms with Crippen LogP contribution in [0.5, 0.6) is 0 Å². The Morgan fingerprint density at radius 2 is 2.17 bits per heavy atom. The Labute approximate surface area is 109 Å². The number of hydrogen-bond acceptors (Lipinski definition) is 3. The van der Waals surface area contributed by atoms with Gasteiger partial charge in [0.15, 0.2) is 5.12 Å². The van der Waals surface area contributed by atoms with Gasteiger partial charge >= 0.3 is 5.97 Å². The maximum atomic E-state index is 13.5. The molecule has 0 aliphatic heterocycles. The van der Waals surface area contributed by atoms with Crippen molar-refractivity contribution in [3.8, 4) is 0 Å². The molecule has 18 heavy (non-hydrogen) atoms. The summed E-state index contributed by atoms with van der Waals surface area (Å²) in [5.74, 6) is -1.06. The summed E-state index contributed by atoms with van der Waals surface area (Å²) in [7, 11) is 0. The van der Waals surface area contributed by atoms with E-state index in [1.807, 2.05) is 0 Å². The molecule has 0 aliphatic carbocycles. The lowest BCUT2D eigenvalue weighted by atomic mass is 10.1. The molecule has 0 unspecified atom stereocenters. The predicted molar refractivity (Wildman–Crippen MR) is 70.1 cm³/mol. The van der Waals surface area contributed by atoms with Crippen molar-refractivity contribution in [2.75, 3.05) is 5.75 Å². The zero-order chi connectivity index (χ0) is 13.5. The van der Waals surface area contributed by atoms with Crippen LogP contribution in [0.1, 0.15) is 29.3 Å². The quantitative estimate of drug-likeness (QED) is 0.833. The van der Waals surface area contributed by atoms with Gasteiger partial charge in [-0.2, -0.15) is 0 Å². The van der Waals surface area contributed by atoms with E-state index < -0.39 is 11.8 Å². The topological polar surface area (TPSA) is 54.4 Å². The van der Waals surface area contributed by atoms with Gasteiger partial charge in [0.1, 0.15) is 5.82 Å². The number of thioether (sulfide) groups is 1. The normalized spacial score (nSPS) is 10.8. The van der Waals surface area contributed by atoms with Crippen LogP contribution in [0, 0.1) is 5.82 Å². The summed E-state index contributed by atoms with van der Waals surface area (Å²) >= 11 is 1.22. The van der Waals surface area contributed by atoms with Crippen molar-refractivity contribution in [1.29, 1.82) is 0 Å². The molecule has 0 saturated carbocycles. The highest BCUT2D eigenvalue weighted by Crippen LogP contribution is 2.13. The molecule has 0 radical (unpaired) electrons. The molecular weight excluding hydrogens is 255 g/mol. The molecule has 0 heterocycles. The first-order valence-corrected chi connectivity index (χ1v) is 6.32. The summed E-state index contributed by atoms with van der Waals surface area (Å²) in [4.78, 5) is 21.3. The maximum Gasteiger partial charge on any atom is 0.335 e. The highest BCUT2D eigenvalue weighted by atomic mass is 32.2. The first-order chi connectivity index (χ1) is 8.50. The summed E-state index contributed by atoms with van der Waals surface area (Å²) in [6.07, 6.45) is 4.00. The summed E-state index contributed by atoms with van der Waals surface area (Å²) in [6, 6.07) is 3.77. The van der Waals surface area contributed by atoms with Crippen LogP contribution in [0.25, 0.3) is 6.08 Å². The number of allylic oxidation sites excluding steroid dienone is 1. The number of hydrogen-bond donors (Lipinski definition) is 1. The Morgan fingerprint density at radius 1 is 1.44 bits per heavy atom. The standard InChI is InChI=1S/C13H13FO3S/c1-9(15)18-7-3-2-4-10-5-6-11(13(16)17)8-12(10)14/h2,4-6,8H,3,7H2,1H3,(H,16,17). The third kappa shape index (κ3) is 4.71. The molecule has 0 atom stereocenters. The fraction of sp³-hybridized carbons (Fsp3) is 0.231. The Balaban J connectivity index is 2.59. The average Bonchev–Trinajstić information content (AvgIpc) is 2.29. The van der Waals surface area contributed by atoms with Crippen LogP contribution in [0.3, 0.4) is 0 Å². The zero-order valence-corrected chi connectivity index (χ0v) is 10.7. The van der Waals surface area contributed by atoms with Gasteiger partial charge in [0.2, 0.25) is 0 Å². The van der Waals surface area contributed by atoms with E-state index in [2.05, 4.69) is 0 Å². The van der Waals surface area contributed by atoms with Crippen LogP contribution in [-0.4, -0.2) is 21.9 Å². The van der Waals surface area contributed by atoms with Crippen molar-refractivity contribution in [2.24, 2.45) is 0 Å². The van der Waals surface area contributed by atoms with Crippen LogP contribution < -0.4 is 0 Å². The summed E-state index contributed by atoms with van der Waals surface area (Å²) < 4.78 is 13.5. The molecule has 0 aromatic heterocycles. The van der Waals surface area contributed by atoms with Gasteiger partial charge in [-0.25, -0.2) is 9.18 Å². The smallest absolute Gasteiger partial charge is 0.335 e. The lowest BCUT2D eigenvalue weighted by Crippen LogP contribution is -1.97. The van der Waals surface area contributed by atoms with Crippen molar-refractivity contribution in [1.82, 2.24) is 0 Å². The molecule has 1 aromatic rings. The molecule has 1 rings (SSSR count). The van der Waals surface area contributed by atoms with Gasteiger partial charge in [-0.1, -0.05) is 30.0 Å². The van der Waals surface area contributed by atoms with Gasteiger partial charge < -0.3 is 5.11 Å². The van der Waals surface area contributed by atoms with Crippen LogP contribution in [0.2, 0.25) is 0 Å². The first kappa shape index (κ1) is 14.4. The van der Waals surface area contributed by atoms with E-state index in [0.29, 0.717) is 17.7 Å². The van der Waals surface area contributed by atoms with Crippen molar-refractivity contribution in [2.45, 2.75) is 13.3 Å². The molecular formula is C13H13FO3S. The fourth-order valence-electron chi connectivity index (χ4n) is 1.28. The first-order valence-electron chi connectivity index (χ1n) is 5.33. The largest absolute Gasteiger partial charge is 0.478 e. The maximum absolute atomic E-state index is 13.5. The molecule has 0 spiro atoms. The van der Waals surface area contributed by atoms with Gasteiger partial charge in [0.25, 0.3) is 0 Å². The second kappa shape index (κ2) is 6.96. The number of aromatic carboxylic acids is 1. The molecule has 5 heteroatoms. The molecule has 1 aromatic carbocycles. The number of carboxylic acid groups (broad SMARTS) is 1. The summed E-state index contributed by atoms with van der Waals surface area (Å²) in [6.45, 7) is 1.50. The van der Waals surface area contributed by atoms with Crippen LogP contribution >= 0.6 is 11.8 Å². The Morgan fingerprint density at radius 3 is 2.72 bits per heavy atom. The van der Waals surface area contributed by atoms with Crippen molar-refractivity contribution in [3.05, 3.63) is 41.2 Å². The van der Waals surface area contributed by atoms with E-state index >= 15 is 0 Å². The minimum atomic E-state index is -1.15. The van der Waals surface area contributed by atoms with E-state index in [-0.39, 0.29) is 10.7 Å². The van der Waals surface area contributed by atoms with E-state index in [4.69, 9.17) is 5.11 Å². The molecule has 0 aliphatic rings. The lowest BCUT2D eigenvalue weighted by Gasteiger charge is -1.99. The minimum Gasteiger partial charge on any atom is -0.478 e. The third-order valence-electron chi connectivity index (χ3n) is 2.13. The average molecular weight is 268 g/mol. The molecule has 0 bridgehead atoms. The second-order valence-electron chi connectivity index (χ2n) is 3.57. The van der Waals surface area contributed by atoms with Crippen LogP contribution in [0.15, 0.2) is 24.3 Å². The molecule has 96 valence electrons. The highest BCUT2D eigenvalue weighted by Gasteiger charge is 2.06. The third-order valence-corrected chi connectivity index (χ3v) is 2.98. The van der Waals surface area contributed by atoms with Crippen LogP contribution in [0.4, 0.5) is 4.39 Å². The highest BCUT2D eigenvalue weighted by molar-refractivity contribution is 8.13. The van der Waals surface area contributed by atoms with Crippen molar-refractivity contribution < 1.29 is 19.1 Å². The van der Waals surface area contributed by atoms with Crippen molar-refractivity contribution in [3.63, 3.8) is 0 Å². The Bertz CT molecular complexity index is 483. The number of carbonyl (C=O) groups is 2. The van der Waals surface area contributed by atoms with Crippen molar-refractivity contribution >= 4 is 28.9 Å². The number of carboxylic acids is 1. The fourth-order valence-corrected chi connectivity index (χ4v) is 1.82. The van der Waals surface area contributed by atoms with E-state index in [1.165, 1.54) is 30.8 Å². The lowest BCUT2D eigenvalue weighted by molar-refractivity contribution is -0.109. The molecule has 0 saturated heterocycles. The molecule has 1 N–H and O–H groups in total. The van der Waals surface area contributed by atoms with E-state index in [1.54, 1.807) is 12.2 Å². The molecule has 0 fully saturated rings. The van der Waals surface area contributed by atoms with Gasteiger partial charge in [-0.3, -0.25) is 4.79 Å². The monoisotopic (exact) mass is 268 g/mol. The Hall–Kier alpha value is -1.62. The summed E-state index contributed by atoms with van der Waals surface area (Å²) in [5.41, 5.74) is 0.268. The van der Waals surface area contributed by atoms with Gasteiger partial charge in [-0.15, -0.1) is 0 Å². The minimum absolute atomic E-state index is 0.0559.